The van der Waals surface area contributed by atoms with E-state index in [0.717, 1.165) is 12.8 Å². The fourth-order valence-electron chi connectivity index (χ4n) is 3.21. The number of amides is 3. The molecule has 0 radical (unpaired) electrons. The second-order valence-corrected chi connectivity index (χ2v) is 7.18. The zero-order valence-corrected chi connectivity index (χ0v) is 18.1. The minimum absolute atomic E-state index is 0.148. The number of benzene rings is 2. The van der Waals surface area contributed by atoms with Crippen LogP contribution in [-0.4, -0.2) is 57.7 Å². The van der Waals surface area contributed by atoms with Gasteiger partial charge in [-0.2, -0.15) is 0 Å². The molecule has 2 aromatic rings. The van der Waals surface area contributed by atoms with Crippen molar-refractivity contribution in [3.63, 3.8) is 0 Å². The topological polar surface area (TPSA) is 115 Å². The van der Waals surface area contributed by atoms with Gasteiger partial charge in [0.05, 0.1) is 14.2 Å². The first kappa shape index (κ1) is 23.1. The SMILES string of the molecule is COc1cc(OC)cc(C(=O)Nc2ccc(C(=O)NCCNC(=O)C3CCCO3)cc2)c1. The third-order valence-corrected chi connectivity index (χ3v) is 4.95. The summed E-state index contributed by atoms with van der Waals surface area (Å²) in [6.07, 6.45) is 1.23. The maximum Gasteiger partial charge on any atom is 0.255 e. The van der Waals surface area contributed by atoms with Crippen LogP contribution in [0.1, 0.15) is 33.6 Å². The Bertz CT molecular complexity index is 932. The Morgan fingerprint density at radius 1 is 0.906 bits per heavy atom. The number of carbonyl (C=O) groups is 3. The van der Waals surface area contributed by atoms with E-state index in [4.69, 9.17) is 14.2 Å². The van der Waals surface area contributed by atoms with E-state index in [1.165, 1.54) is 14.2 Å². The van der Waals surface area contributed by atoms with E-state index in [-0.39, 0.29) is 23.8 Å². The van der Waals surface area contributed by atoms with Gasteiger partial charge in [0, 0.05) is 42.6 Å². The molecule has 32 heavy (non-hydrogen) atoms. The Morgan fingerprint density at radius 3 is 2.16 bits per heavy atom. The van der Waals surface area contributed by atoms with Gasteiger partial charge < -0.3 is 30.2 Å². The fraction of sp³-hybridized carbons (Fsp3) is 0.348. The first-order valence-electron chi connectivity index (χ1n) is 10.3. The summed E-state index contributed by atoms with van der Waals surface area (Å²) in [6, 6.07) is 11.4. The summed E-state index contributed by atoms with van der Waals surface area (Å²) in [4.78, 5) is 36.7. The summed E-state index contributed by atoms with van der Waals surface area (Å²) in [5.74, 6) is 0.264. The summed E-state index contributed by atoms with van der Waals surface area (Å²) in [6.45, 7) is 1.23. The number of ether oxygens (including phenoxy) is 3. The van der Waals surface area contributed by atoms with Gasteiger partial charge in [0.15, 0.2) is 0 Å². The van der Waals surface area contributed by atoms with Crippen molar-refractivity contribution in [1.82, 2.24) is 10.6 Å². The van der Waals surface area contributed by atoms with Crippen molar-refractivity contribution >= 4 is 23.4 Å². The monoisotopic (exact) mass is 441 g/mol. The molecular formula is C23H27N3O6. The highest BCUT2D eigenvalue weighted by Gasteiger charge is 2.22. The highest BCUT2D eigenvalue weighted by Crippen LogP contribution is 2.23. The molecule has 1 fully saturated rings. The quantitative estimate of drug-likeness (QED) is 0.513. The van der Waals surface area contributed by atoms with Crippen LogP contribution in [0.3, 0.4) is 0 Å². The van der Waals surface area contributed by atoms with Crippen LogP contribution in [0.25, 0.3) is 0 Å². The molecule has 3 N–H and O–H groups in total. The van der Waals surface area contributed by atoms with Crippen molar-refractivity contribution in [2.24, 2.45) is 0 Å². The van der Waals surface area contributed by atoms with Gasteiger partial charge in [0.25, 0.3) is 11.8 Å². The summed E-state index contributed by atoms with van der Waals surface area (Å²) in [5, 5.41) is 8.27. The average Bonchev–Trinajstić information content (AvgIpc) is 3.36. The molecule has 1 aliphatic heterocycles. The van der Waals surface area contributed by atoms with Gasteiger partial charge in [0.2, 0.25) is 5.91 Å². The third-order valence-electron chi connectivity index (χ3n) is 4.95. The molecule has 0 spiro atoms. The van der Waals surface area contributed by atoms with E-state index >= 15 is 0 Å². The molecule has 0 bridgehead atoms. The molecule has 0 aliphatic carbocycles. The van der Waals surface area contributed by atoms with Crippen molar-refractivity contribution in [3.8, 4) is 11.5 Å². The molecule has 0 saturated carbocycles. The standard InChI is InChI=1S/C23H27N3O6/c1-30-18-12-16(13-19(14-18)31-2)22(28)26-17-7-5-15(6-8-17)21(27)24-9-10-25-23(29)20-4-3-11-32-20/h5-8,12-14,20H,3-4,9-11H2,1-2H3,(H,24,27)(H,25,29)(H,26,28). The highest BCUT2D eigenvalue weighted by atomic mass is 16.5. The number of nitrogens with one attached hydrogen (secondary N) is 3. The smallest absolute Gasteiger partial charge is 0.255 e. The molecular weight excluding hydrogens is 414 g/mol. The van der Waals surface area contributed by atoms with Crippen LogP contribution in [0.4, 0.5) is 5.69 Å². The normalized spacial score (nSPS) is 15.0. The summed E-state index contributed by atoms with van der Waals surface area (Å²) >= 11 is 0. The lowest BCUT2D eigenvalue weighted by Gasteiger charge is -2.11. The van der Waals surface area contributed by atoms with Crippen molar-refractivity contribution in [2.45, 2.75) is 18.9 Å². The molecule has 1 saturated heterocycles. The fourth-order valence-corrected chi connectivity index (χ4v) is 3.21. The molecule has 1 atom stereocenters. The molecule has 2 aromatic carbocycles. The third kappa shape index (κ3) is 6.21. The number of rotatable bonds is 9. The molecule has 9 nitrogen and oxygen atoms in total. The van der Waals surface area contributed by atoms with Crippen molar-refractivity contribution < 1.29 is 28.6 Å². The van der Waals surface area contributed by atoms with Gasteiger partial charge in [-0.05, 0) is 49.2 Å². The molecule has 3 rings (SSSR count). The minimum atomic E-state index is -0.383. The maximum atomic E-state index is 12.5. The maximum absolute atomic E-state index is 12.5. The van der Waals surface area contributed by atoms with Crippen LogP contribution in [0, 0.1) is 0 Å². The second kappa shape index (κ2) is 11.1. The highest BCUT2D eigenvalue weighted by molar-refractivity contribution is 6.05. The van der Waals surface area contributed by atoms with Gasteiger partial charge in [-0.15, -0.1) is 0 Å². The number of methoxy groups -OCH3 is 2. The van der Waals surface area contributed by atoms with E-state index in [9.17, 15) is 14.4 Å². The Kier molecular flexibility index (Phi) is 8.04. The summed E-state index contributed by atoms with van der Waals surface area (Å²) < 4.78 is 15.7. The molecule has 170 valence electrons. The predicted octanol–water partition coefficient (Wildman–Crippen LogP) is 1.98. The van der Waals surface area contributed by atoms with E-state index in [2.05, 4.69) is 16.0 Å². The van der Waals surface area contributed by atoms with Crippen molar-refractivity contribution in [2.75, 3.05) is 39.2 Å². The zero-order chi connectivity index (χ0) is 22.9. The van der Waals surface area contributed by atoms with Crippen molar-refractivity contribution in [3.05, 3.63) is 53.6 Å². The first-order chi connectivity index (χ1) is 15.5. The number of hydrogen-bond acceptors (Lipinski definition) is 6. The minimum Gasteiger partial charge on any atom is -0.497 e. The van der Waals surface area contributed by atoms with Crippen LogP contribution < -0.4 is 25.4 Å². The summed E-state index contributed by atoms with van der Waals surface area (Å²) in [7, 11) is 3.02. The largest absolute Gasteiger partial charge is 0.497 e. The number of hydrogen-bond donors (Lipinski definition) is 3. The van der Waals surface area contributed by atoms with Gasteiger partial charge in [0.1, 0.15) is 17.6 Å². The Balaban J connectivity index is 1.48. The lowest BCUT2D eigenvalue weighted by atomic mass is 10.1. The average molecular weight is 441 g/mol. The molecule has 3 amide bonds. The molecule has 1 heterocycles. The second-order valence-electron chi connectivity index (χ2n) is 7.18. The number of carbonyl (C=O) groups excluding carboxylic acids is 3. The van der Waals surface area contributed by atoms with Crippen LogP contribution in [0.2, 0.25) is 0 Å². The van der Waals surface area contributed by atoms with E-state index in [1.54, 1.807) is 42.5 Å². The van der Waals surface area contributed by atoms with E-state index < -0.39 is 0 Å². The van der Waals surface area contributed by atoms with Gasteiger partial charge in [-0.25, -0.2) is 0 Å². The van der Waals surface area contributed by atoms with Crippen LogP contribution in [0.15, 0.2) is 42.5 Å². The Hall–Kier alpha value is -3.59. The lowest BCUT2D eigenvalue weighted by molar-refractivity contribution is -0.129. The van der Waals surface area contributed by atoms with Crippen LogP contribution in [0.5, 0.6) is 11.5 Å². The number of anilines is 1. The summed E-state index contributed by atoms with van der Waals surface area (Å²) in [5.41, 5.74) is 1.36. The van der Waals surface area contributed by atoms with Gasteiger partial charge >= 0.3 is 0 Å². The Morgan fingerprint density at radius 2 is 1.56 bits per heavy atom. The molecule has 0 aromatic heterocycles. The van der Waals surface area contributed by atoms with E-state index in [1.807, 2.05) is 0 Å². The Labute approximate surface area is 186 Å². The van der Waals surface area contributed by atoms with Gasteiger partial charge in [-0.1, -0.05) is 0 Å². The van der Waals surface area contributed by atoms with Crippen molar-refractivity contribution in [1.29, 1.82) is 0 Å². The van der Waals surface area contributed by atoms with E-state index in [0.29, 0.717) is 48.0 Å². The zero-order valence-electron chi connectivity index (χ0n) is 18.1. The molecule has 1 unspecified atom stereocenters. The predicted molar refractivity (Wildman–Crippen MR) is 118 cm³/mol. The van der Waals surface area contributed by atoms with Crippen LogP contribution in [-0.2, 0) is 9.53 Å². The van der Waals surface area contributed by atoms with Gasteiger partial charge in [-0.3, -0.25) is 14.4 Å². The molecule has 9 heteroatoms. The molecule has 1 aliphatic rings. The first-order valence-corrected chi connectivity index (χ1v) is 10.3. The van der Waals surface area contributed by atoms with Crippen LogP contribution >= 0.6 is 0 Å². The lowest BCUT2D eigenvalue weighted by Crippen LogP contribution is -2.39.